The molecule has 2 N–H and O–H groups in total. The molecule has 1 saturated heterocycles. The second-order valence-corrected chi connectivity index (χ2v) is 3.69. The molecule has 80 valence electrons. The molecule has 0 aromatic carbocycles. The summed E-state index contributed by atoms with van der Waals surface area (Å²) in [5.74, 6) is 0. The van der Waals surface area contributed by atoms with Crippen LogP contribution in [0.15, 0.2) is 0 Å². The molecule has 0 amide bonds. The van der Waals surface area contributed by atoms with E-state index in [2.05, 4.69) is 0 Å². The second-order valence-electron chi connectivity index (χ2n) is 2.63. The molecule has 0 aromatic heterocycles. The van der Waals surface area contributed by atoms with E-state index in [1.165, 1.54) is 0 Å². The maximum absolute atomic E-state index is 10.3. The minimum absolute atomic E-state index is 0. The summed E-state index contributed by atoms with van der Waals surface area (Å²) in [6.45, 7) is 2.78. The van der Waals surface area contributed by atoms with E-state index >= 15 is 0 Å². The Morgan fingerprint density at radius 3 is 2.29 bits per heavy atom. The van der Waals surface area contributed by atoms with Crippen LogP contribution in [0.25, 0.3) is 0 Å². The van der Waals surface area contributed by atoms with Gasteiger partial charge in [0, 0.05) is 19.6 Å². The predicted octanol–water partition coefficient (Wildman–Crippen LogP) is -4.23. The number of aliphatic hydroxyl groups is 1. The van der Waals surface area contributed by atoms with Crippen molar-refractivity contribution in [2.24, 2.45) is 0 Å². The Balaban J connectivity index is 0. The quantitative estimate of drug-likeness (QED) is 0.392. The van der Waals surface area contributed by atoms with Gasteiger partial charge in [0.25, 0.3) is 0 Å². The number of morpholine rings is 1. The van der Waals surface area contributed by atoms with Gasteiger partial charge in [-0.2, -0.15) is 0 Å². The summed E-state index contributed by atoms with van der Waals surface area (Å²) in [6.07, 6.45) is 0. The summed E-state index contributed by atoms with van der Waals surface area (Å²) in [6, 6.07) is 0. The molecule has 1 unspecified atom stereocenters. The molecule has 8 heteroatoms. The van der Waals surface area contributed by atoms with Gasteiger partial charge in [0.15, 0.2) is 0 Å². The van der Waals surface area contributed by atoms with Gasteiger partial charge in [-0.3, -0.25) is 4.90 Å². The number of ether oxygens (including phenoxy) is 1. The summed E-state index contributed by atoms with van der Waals surface area (Å²) >= 11 is 0. The fourth-order valence-electron chi connectivity index (χ4n) is 1.07. The van der Waals surface area contributed by atoms with Gasteiger partial charge in [0.05, 0.1) is 18.6 Å². The average molecular weight is 234 g/mol. The number of hydrogen-bond acceptors (Lipinski definition) is 7. The molecule has 1 atom stereocenters. The first kappa shape index (κ1) is 17.2. The maximum Gasteiger partial charge on any atom is 1.00 e. The summed E-state index contributed by atoms with van der Waals surface area (Å²) < 4.78 is 25.6. The number of aliphatic hydroxyl groups excluding tert-OH is 1. The van der Waals surface area contributed by atoms with Crippen LogP contribution in [-0.4, -0.2) is 53.8 Å². The molecule has 0 radical (unpaired) electrons. The van der Waals surface area contributed by atoms with Crippen molar-refractivity contribution in [3.63, 3.8) is 0 Å². The van der Waals surface area contributed by atoms with Gasteiger partial charge >= 0.3 is 29.6 Å². The molecule has 6 nitrogen and oxygen atoms in total. The summed E-state index contributed by atoms with van der Waals surface area (Å²) in [5.41, 5.74) is -1.27. The Morgan fingerprint density at radius 1 is 1.36 bits per heavy atom. The molecule has 0 aromatic rings. The van der Waals surface area contributed by atoms with Crippen LogP contribution in [0.1, 0.15) is 0 Å². The van der Waals surface area contributed by atoms with Crippen molar-refractivity contribution >= 4 is 10.7 Å². The van der Waals surface area contributed by atoms with Crippen molar-refractivity contribution in [2.45, 2.75) is 5.44 Å². The Kier molecular flexibility index (Phi) is 11.1. The van der Waals surface area contributed by atoms with Crippen LogP contribution < -0.4 is 29.6 Å². The Hall–Kier alpha value is 0.790. The van der Waals surface area contributed by atoms with Crippen LogP contribution in [-0.2, 0) is 23.9 Å². The molecule has 0 spiro atoms. The number of hydrogen-bond donors (Lipinski definition) is 1. The zero-order valence-corrected chi connectivity index (χ0v) is 10.9. The monoisotopic (exact) mass is 234 g/mol. The molecule has 1 aliphatic rings. The molecular weight excluding hydrogens is 221 g/mol. The van der Waals surface area contributed by atoms with Crippen molar-refractivity contribution in [3.8, 4) is 0 Å². The number of rotatable bonds is 3. The average Bonchev–Trinajstić information content (AvgIpc) is 2.06. The summed E-state index contributed by atoms with van der Waals surface area (Å²) in [4.78, 5) is 1.87. The first-order valence-corrected chi connectivity index (χ1v) is 4.90. The van der Waals surface area contributed by atoms with Gasteiger partial charge in [0.1, 0.15) is 0 Å². The van der Waals surface area contributed by atoms with Crippen molar-refractivity contribution in [2.75, 3.05) is 32.8 Å². The number of β-amino-alcohol motifs (C(OH)–C–C–N with tert-alkyl or cyclic N) is 1. The van der Waals surface area contributed by atoms with Crippen LogP contribution in [0.3, 0.4) is 0 Å². The standard InChI is InChI=1S/C6H12NO4S.Na.H2O/c8-6(12(9)10)5-7-1-3-11-4-2-7;;/h6,8H,1-5H2;;1H2/q-1;+1;/p-1. The zero-order valence-electron chi connectivity index (χ0n) is 8.09. The fourth-order valence-corrected chi connectivity index (χ4v) is 1.40. The van der Waals surface area contributed by atoms with Crippen LogP contribution in [0.2, 0.25) is 0 Å². The van der Waals surface area contributed by atoms with Gasteiger partial charge in [-0.25, -0.2) is 0 Å². The van der Waals surface area contributed by atoms with E-state index in [0.717, 1.165) is 0 Å². The fraction of sp³-hybridized carbons (Fsp3) is 1.00. The Morgan fingerprint density at radius 2 is 1.86 bits per heavy atom. The third-order valence-electron chi connectivity index (χ3n) is 1.74. The maximum atomic E-state index is 10.3. The molecule has 1 fully saturated rings. The van der Waals surface area contributed by atoms with Gasteiger partial charge in [-0.05, 0) is 10.7 Å². The molecule has 1 aliphatic heterocycles. The topological polar surface area (TPSA) is 96.8 Å². The molecule has 1 heterocycles. The normalized spacial score (nSPS) is 19.6. The van der Waals surface area contributed by atoms with Crippen LogP contribution >= 0.6 is 0 Å². The second kappa shape index (κ2) is 9.05. The summed E-state index contributed by atoms with van der Waals surface area (Å²) in [7, 11) is -2.39. The molecule has 0 bridgehead atoms. The molecule has 1 rings (SSSR count). The van der Waals surface area contributed by atoms with E-state index < -0.39 is 16.1 Å². The first-order valence-electron chi connectivity index (χ1n) is 3.76. The SMILES string of the molecule is O=[S-](=O)C(O)CN1CCOCC1.[Na+].[OH-]. The van der Waals surface area contributed by atoms with Gasteiger partial charge in [0.2, 0.25) is 0 Å². The minimum Gasteiger partial charge on any atom is -0.870 e. The van der Waals surface area contributed by atoms with Crippen LogP contribution in [0.4, 0.5) is 0 Å². The largest absolute Gasteiger partial charge is 1.00 e. The molecular formula is C6H13NNaO5S-. The molecule has 14 heavy (non-hydrogen) atoms. The zero-order chi connectivity index (χ0) is 8.97. The van der Waals surface area contributed by atoms with E-state index in [0.29, 0.717) is 26.3 Å². The van der Waals surface area contributed by atoms with E-state index in [1.54, 1.807) is 0 Å². The minimum atomic E-state index is -2.39. The molecule has 0 saturated carbocycles. The smallest absolute Gasteiger partial charge is 0.870 e. The van der Waals surface area contributed by atoms with Gasteiger partial charge < -0.3 is 23.7 Å². The molecule has 0 aliphatic carbocycles. The Bertz CT molecular complexity index is 198. The van der Waals surface area contributed by atoms with Crippen molar-refractivity contribution in [3.05, 3.63) is 0 Å². The van der Waals surface area contributed by atoms with Crippen LogP contribution in [0.5, 0.6) is 0 Å². The Labute approximate surface area is 107 Å². The first-order chi connectivity index (χ1) is 5.70. The van der Waals surface area contributed by atoms with Gasteiger partial charge in [-0.15, -0.1) is 0 Å². The van der Waals surface area contributed by atoms with E-state index in [9.17, 15) is 8.42 Å². The van der Waals surface area contributed by atoms with Crippen molar-refractivity contribution < 1.29 is 53.3 Å². The third-order valence-corrected chi connectivity index (χ3v) is 2.33. The summed E-state index contributed by atoms with van der Waals surface area (Å²) in [5, 5.41) is 8.98. The van der Waals surface area contributed by atoms with E-state index in [-0.39, 0.29) is 41.6 Å². The number of nitrogens with zero attached hydrogens (tertiary/aromatic N) is 1. The van der Waals surface area contributed by atoms with E-state index in [4.69, 9.17) is 9.84 Å². The third kappa shape index (κ3) is 6.31. The van der Waals surface area contributed by atoms with Gasteiger partial charge in [-0.1, -0.05) is 0 Å². The van der Waals surface area contributed by atoms with Crippen molar-refractivity contribution in [1.82, 2.24) is 4.90 Å². The van der Waals surface area contributed by atoms with E-state index in [1.807, 2.05) is 4.90 Å². The van der Waals surface area contributed by atoms with Crippen molar-refractivity contribution in [1.29, 1.82) is 0 Å². The predicted molar refractivity (Wildman–Crippen MR) is 43.9 cm³/mol. The van der Waals surface area contributed by atoms with Crippen LogP contribution in [0, 0.1) is 0 Å².